The van der Waals surface area contributed by atoms with Crippen LogP contribution in [0.4, 0.5) is 5.69 Å². The molecule has 0 radical (unpaired) electrons. The Labute approximate surface area is 149 Å². The van der Waals surface area contributed by atoms with Crippen LogP contribution in [0, 0.1) is 12.8 Å². The highest BCUT2D eigenvalue weighted by Crippen LogP contribution is 2.18. The van der Waals surface area contributed by atoms with Crippen LogP contribution in [-0.2, 0) is 10.0 Å². The van der Waals surface area contributed by atoms with Crippen molar-refractivity contribution in [2.75, 3.05) is 4.72 Å². The molecule has 1 unspecified atom stereocenters. The Morgan fingerprint density at radius 1 is 1.00 bits per heavy atom. The Bertz CT molecular complexity index is 843. The molecule has 0 fully saturated rings. The zero-order valence-corrected chi connectivity index (χ0v) is 15.7. The standard InChI is InChI=1S/C19H24N2O3S/c1-13(2)15(4)20-19(22)16-6-5-7-17(12-16)21-25(23,24)18-10-8-14(3)9-11-18/h5-13,15,21H,1-4H3,(H,20,22). The molecule has 2 aromatic carbocycles. The van der Waals surface area contributed by atoms with Gasteiger partial charge in [-0.2, -0.15) is 0 Å². The topological polar surface area (TPSA) is 75.3 Å². The number of aryl methyl sites for hydroxylation is 1. The quantitative estimate of drug-likeness (QED) is 0.827. The lowest BCUT2D eigenvalue weighted by molar-refractivity contribution is 0.0930. The number of anilines is 1. The maximum absolute atomic E-state index is 12.4. The Morgan fingerprint density at radius 2 is 1.64 bits per heavy atom. The molecule has 1 amide bonds. The van der Waals surface area contributed by atoms with Crippen LogP contribution in [0.15, 0.2) is 53.4 Å². The minimum absolute atomic E-state index is 0.0282. The van der Waals surface area contributed by atoms with Gasteiger partial charge in [0.1, 0.15) is 0 Å². The monoisotopic (exact) mass is 360 g/mol. The van der Waals surface area contributed by atoms with Gasteiger partial charge in [-0.3, -0.25) is 9.52 Å². The third-order valence-corrected chi connectivity index (χ3v) is 5.46. The van der Waals surface area contributed by atoms with Crippen molar-refractivity contribution >= 4 is 21.6 Å². The van der Waals surface area contributed by atoms with E-state index in [2.05, 4.69) is 10.0 Å². The van der Waals surface area contributed by atoms with E-state index in [9.17, 15) is 13.2 Å². The largest absolute Gasteiger partial charge is 0.349 e. The Morgan fingerprint density at radius 3 is 2.24 bits per heavy atom. The summed E-state index contributed by atoms with van der Waals surface area (Å²) in [7, 11) is -3.69. The van der Waals surface area contributed by atoms with Crippen molar-refractivity contribution in [3.63, 3.8) is 0 Å². The molecule has 2 rings (SSSR count). The number of benzene rings is 2. The van der Waals surface area contributed by atoms with Gasteiger partial charge in [0.25, 0.3) is 15.9 Å². The van der Waals surface area contributed by atoms with E-state index in [1.165, 1.54) is 6.07 Å². The fraction of sp³-hybridized carbons (Fsp3) is 0.316. The summed E-state index contributed by atoms with van der Waals surface area (Å²) in [4.78, 5) is 12.5. The number of hydrogen-bond donors (Lipinski definition) is 2. The van der Waals surface area contributed by atoms with E-state index in [4.69, 9.17) is 0 Å². The Kier molecular flexibility index (Phi) is 5.85. The first kappa shape index (κ1) is 19.0. The molecule has 5 nitrogen and oxygen atoms in total. The van der Waals surface area contributed by atoms with Gasteiger partial charge < -0.3 is 5.32 Å². The lowest BCUT2D eigenvalue weighted by atomic mass is 10.1. The molecule has 2 aromatic rings. The van der Waals surface area contributed by atoms with Crippen molar-refractivity contribution < 1.29 is 13.2 Å². The zero-order chi connectivity index (χ0) is 18.6. The van der Waals surface area contributed by atoms with Gasteiger partial charge in [-0.15, -0.1) is 0 Å². The zero-order valence-electron chi connectivity index (χ0n) is 14.9. The molecule has 6 heteroatoms. The van der Waals surface area contributed by atoms with E-state index in [1.807, 2.05) is 27.7 Å². The van der Waals surface area contributed by atoms with E-state index >= 15 is 0 Å². The average molecular weight is 360 g/mol. The minimum Gasteiger partial charge on any atom is -0.349 e. The summed E-state index contributed by atoms with van der Waals surface area (Å²) in [5, 5.41) is 2.91. The van der Waals surface area contributed by atoms with Crippen LogP contribution < -0.4 is 10.0 Å². The molecule has 0 bridgehead atoms. The molecule has 134 valence electrons. The first-order valence-electron chi connectivity index (χ1n) is 8.19. The van der Waals surface area contributed by atoms with Gasteiger partial charge in [-0.1, -0.05) is 37.6 Å². The fourth-order valence-corrected chi connectivity index (χ4v) is 3.16. The number of hydrogen-bond acceptors (Lipinski definition) is 3. The Hall–Kier alpha value is -2.34. The summed E-state index contributed by atoms with van der Waals surface area (Å²) in [6.45, 7) is 7.88. The highest BCUT2D eigenvalue weighted by atomic mass is 32.2. The normalized spacial score (nSPS) is 12.7. The predicted octanol–water partition coefficient (Wildman–Crippen LogP) is 3.57. The van der Waals surface area contributed by atoms with Crippen LogP contribution in [0.1, 0.15) is 36.7 Å². The van der Waals surface area contributed by atoms with Gasteiger partial charge in [-0.25, -0.2) is 8.42 Å². The second-order valence-electron chi connectivity index (χ2n) is 6.51. The van der Waals surface area contributed by atoms with Gasteiger partial charge >= 0.3 is 0 Å². The molecular weight excluding hydrogens is 336 g/mol. The lowest BCUT2D eigenvalue weighted by Crippen LogP contribution is -2.36. The fourth-order valence-electron chi connectivity index (χ4n) is 2.11. The molecule has 1 atom stereocenters. The smallest absolute Gasteiger partial charge is 0.261 e. The van der Waals surface area contributed by atoms with Crippen molar-refractivity contribution in [3.05, 3.63) is 59.7 Å². The highest BCUT2D eigenvalue weighted by Gasteiger charge is 2.16. The molecule has 0 aromatic heterocycles. The highest BCUT2D eigenvalue weighted by molar-refractivity contribution is 7.92. The summed E-state index contributed by atoms with van der Waals surface area (Å²) in [5.41, 5.74) is 1.75. The molecule has 0 aliphatic carbocycles. The summed E-state index contributed by atoms with van der Waals surface area (Å²) in [6, 6.07) is 13.1. The molecule has 0 spiro atoms. The van der Waals surface area contributed by atoms with Crippen molar-refractivity contribution in [1.29, 1.82) is 0 Å². The third kappa shape index (κ3) is 5.06. The van der Waals surface area contributed by atoms with Crippen LogP contribution in [0.5, 0.6) is 0 Å². The van der Waals surface area contributed by atoms with E-state index in [-0.39, 0.29) is 16.8 Å². The molecule has 0 aliphatic rings. The van der Waals surface area contributed by atoms with Crippen molar-refractivity contribution in [2.45, 2.75) is 38.6 Å². The van der Waals surface area contributed by atoms with Crippen molar-refractivity contribution in [3.8, 4) is 0 Å². The van der Waals surface area contributed by atoms with Crippen molar-refractivity contribution in [2.24, 2.45) is 5.92 Å². The molecule has 0 saturated heterocycles. The summed E-state index contributed by atoms with van der Waals surface area (Å²) in [6.07, 6.45) is 0. The van der Waals surface area contributed by atoms with Gasteiger partial charge in [0, 0.05) is 17.3 Å². The van der Waals surface area contributed by atoms with Gasteiger partial charge in [-0.05, 0) is 50.1 Å². The SMILES string of the molecule is Cc1ccc(S(=O)(=O)Nc2cccc(C(=O)NC(C)C(C)C)c2)cc1. The van der Waals surface area contributed by atoms with Gasteiger partial charge in [0.15, 0.2) is 0 Å². The number of nitrogens with one attached hydrogen (secondary N) is 2. The van der Waals surface area contributed by atoms with Gasteiger partial charge in [0.2, 0.25) is 0 Å². The third-order valence-electron chi connectivity index (χ3n) is 4.07. The summed E-state index contributed by atoms with van der Waals surface area (Å²) >= 11 is 0. The maximum Gasteiger partial charge on any atom is 0.261 e. The summed E-state index contributed by atoms with van der Waals surface area (Å²) in [5.74, 6) is 0.0877. The number of rotatable bonds is 6. The number of carbonyl (C=O) groups is 1. The second kappa shape index (κ2) is 7.70. The van der Waals surface area contributed by atoms with Crippen LogP contribution in [0.2, 0.25) is 0 Å². The van der Waals surface area contributed by atoms with E-state index in [0.717, 1.165) is 5.56 Å². The summed E-state index contributed by atoms with van der Waals surface area (Å²) < 4.78 is 27.4. The maximum atomic E-state index is 12.4. The number of carbonyl (C=O) groups excluding carboxylic acids is 1. The molecular formula is C19H24N2O3S. The van der Waals surface area contributed by atoms with Crippen LogP contribution in [0.3, 0.4) is 0 Å². The van der Waals surface area contributed by atoms with Crippen molar-refractivity contribution in [1.82, 2.24) is 5.32 Å². The molecule has 0 saturated carbocycles. The molecule has 0 heterocycles. The molecule has 25 heavy (non-hydrogen) atoms. The van der Waals surface area contributed by atoms with Gasteiger partial charge in [0.05, 0.1) is 4.90 Å². The minimum atomic E-state index is -3.69. The van der Waals surface area contributed by atoms with E-state index in [0.29, 0.717) is 17.2 Å². The van der Waals surface area contributed by atoms with E-state index < -0.39 is 10.0 Å². The predicted molar refractivity (Wildman–Crippen MR) is 100 cm³/mol. The first-order chi connectivity index (χ1) is 11.7. The van der Waals surface area contributed by atoms with Crippen LogP contribution in [-0.4, -0.2) is 20.4 Å². The number of amides is 1. The first-order valence-corrected chi connectivity index (χ1v) is 9.68. The lowest BCUT2D eigenvalue weighted by Gasteiger charge is -2.17. The molecule has 0 aliphatic heterocycles. The number of sulfonamides is 1. The second-order valence-corrected chi connectivity index (χ2v) is 8.19. The average Bonchev–Trinajstić information content (AvgIpc) is 2.54. The van der Waals surface area contributed by atoms with Crippen LogP contribution in [0.25, 0.3) is 0 Å². The Balaban J connectivity index is 2.18. The van der Waals surface area contributed by atoms with E-state index in [1.54, 1.807) is 42.5 Å². The van der Waals surface area contributed by atoms with Crippen LogP contribution >= 0.6 is 0 Å². The molecule has 2 N–H and O–H groups in total.